The van der Waals surface area contributed by atoms with Crippen molar-refractivity contribution in [1.29, 1.82) is 0 Å². The van der Waals surface area contributed by atoms with Crippen molar-refractivity contribution in [2.45, 2.75) is 25.9 Å². The number of nitrogens with one attached hydrogen (secondary N) is 1. The summed E-state index contributed by atoms with van der Waals surface area (Å²) < 4.78 is 27.5. The van der Waals surface area contributed by atoms with Crippen molar-refractivity contribution in [3.05, 3.63) is 69.7 Å². The van der Waals surface area contributed by atoms with E-state index < -0.39 is 11.6 Å². The molecule has 1 unspecified atom stereocenters. The van der Waals surface area contributed by atoms with E-state index in [-0.39, 0.29) is 12.1 Å². The molecule has 2 aromatic rings. The van der Waals surface area contributed by atoms with Crippen molar-refractivity contribution in [2.24, 2.45) is 0 Å². The fourth-order valence-corrected chi connectivity index (χ4v) is 2.59. The third-order valence-corrected chi connectivity index (χ3v) is 3.73. The molecular weight excluding hydrogens is 324 g/mol. The second kappa shape index (κ2) is 6.46. The van der Waals surface area contributed by atoms with E-state index in [1.54, 1.807) is 0 Å². The quantitative estimate of drug-likeness (QED) is 0.813. The van der Waals surface area contributed by atoms with E-state index in [9.17, 15) is 8.78 Å². The molecular formula is C16H16BrF2N. The normalized spacial score (nSPS) is 14.1. The average molecular weight is 340 g/mol. The van der Waals surface area contributed by atoms with Gasteiger partial charge in [-0.2, -0.15) is 0 Å². The van der Waals surface area contributed by atoms with Gasteiger partial charge in [-0.3, -0.25) is 0 Å². The number of benzene rings is 2. The molecule has 1 N–H and O–H groups in total. The first-order chi connectivity index (χ1) is 9.45. The van der Waals surface area contributed by atoms with Crippen LogP contribution in [0.2, 0.25) is 0 Å². The van der Waals surface area contributed by atoms with Crippen LogP contribution in [0.3, 0.4) is 0 Å². The van der Waals surface area contributed by atoms with Gasteiger partial charge in [-0.05, 0) is 49.2 Å². The SMILES string of the molecule is CC(N[C@H](C)c1cccc(Br)c1)c1cc(F)cc(F)c1. The van der Waals surface area contributed by atoms with Gasteiger partial charge in [-0.25, -0.2) is 8.78 Å². The predicted molar refractivity (Wildman–Crippen MR) is 80.5 cm³/mol. The van der Waals surface area contributed by atoms with Crippen molar-refractivity contribution in [2.75, 3.05) is 0 Å². The van der Waals surface area contributed by atoms with Crippen LogP contribution in [-0.2, 0) is 0 Å². The minimum Gasteiger partial charge on any atom is -0.304 e. The van der Waals surface area contributed by atoms with E-state index >= 15 is 0 Å². The highest BCUT2D eigenvalue weighted by Crippen LogP contribution is 2.22. The molecule has 20 heavy (non-hydrogen) atoms. The Morgan fingerprint density at radius 1 is 0.900 bits per heavy atom. The largest absolute Gasteiger partial charge is 0.304 e. The molecule has 0 aliphatic heterocycles. The first-order valence-corrected chi connectivity index (χ1v) is 7.22. The zero-order chi connectivity index (χ0) is 14.7. The van der Waals surface area contributed by atoms with Crippen LogP contribution in [0.15, 0.2) is 46.9 Å². The average Bonchev–Trinajstić information content (AvgIpc) is 2.37. The lowest BCUT2D eigenvalue weighted by molar-refractivity contribution is 0.487. The fraction of sp³-hybridized carbons (Fsp3) is 0.250. The maximum absolute atomic E-state index is 13.2. The van der Waals surface area contributed by atoms with Gasteiger partial charge >= 0.3 is 0 Å². The van der Waals surface area contributed by atoms with E-state index in [0.717, 1.165) is 16.1 Å². The van der Waals surface area contributed by atoms with Crippen LogP contribution in [0, 0.1) is 11.6 Å². The number of halogens is 3. The predicted octanol–water partition coefficient (Wildman–Crippen LogP) is 5.14. The summed E-state index contributed by atoms with van der Waals surface area (Å²) in [5.41, 5.74) is 1.72. The third-order valence-electron chi connectivity index (χ3n) is 3.23. The summed E-state index contributed by atoms with van der Waals surface area (Å²) in [6.07, 6.45) is 0. The summed E-state index contributed by atoms with van der Waals surface area (Å²) in [5.74, 6) is -1.10. The van der Waals surface area contributed by atoms with Crippen molar-refractivity contribution < 1.29 is 8.78 Å². The molecule has 0 aromatic heterocycles. The molecule has 4 heteroatoms. The standard InChI is InChI=1S/C16H16BrF2N/c1-10(12-4-3-5-14(17)6-12)20-11(2)13-7-15(18)9-16(19)8-13/h3-11,20H,1-2H3/t10-,11?/m1/s1. The van der Waals surface area contributed by atoms with Crippen molar-refractivity contribution >= 4 is 15.9 Å². The zero-order valence-electron chi connectivity index (χ0n) is 11.3. The Labute approximate surface area is 126 Å². The maximum atomic E-state index is 13.2. The third kappa shape index (κ3) is 3.87. The fourth-order valence-electron chi connectivity index (χ4n) is 2.17. The Kier molecular flexibility index (Phi) is 4.89. The Bertz CT molecular complexity index is 581. The molecule has 2 atom stereocenters. The Morgan fingerprint density at radius 3 is 2.10 bits per heavy atom. The molecule has 2 aromatic carbocycles. The van der Waals surface area contributed by atoms with Gasteiger partial charge in [0, 0.05) is 22.6 Å². The maximum Gasteiger partial charge on any atom is 0.126 e. The Hall–Kier alpha value is -1.26. The highest BCUT2D eigenvalue weighted by Gasteiger charge is 2.13. The highest BCUT2D eigenvalue weighted by molar-refractivity contribution is 9.10. The van der Waals surface area contributed by atoms with Crippen LogP contribution in [-0.4, -0.2) is 0 Å². The van der Waals surface area contributed by atoms with Crippen molar-refractivity contribution in [3.63, 3.8) is 0 Å². The second-order valence-electron chi connectivity index (χ2n) is 4.87. The lowest BCUT2D eigenvalue weighted by Crippen LogP contribution is -2.22. The van der Waals surface area contributed by atoms with Crippen LogP contribution >= 0.6 is 15.9 Å². The van der Waals surface area contributed by atoms with Crippen LogP contribution in [0.1, 0.15) is 37.1 Å². The number of hydrogen-bond acceptors (Lipinski definition) is 1. The molecule has 2 rings (SSSR count). The van der Waals surface area contributed by atoms with Gasteiger partial charge in [0.25, 0.3) is 0 Å². The molecule has 0 fully saturated rings. The Morgan fingerprint density at radius 2 is 1.50 bits per heavy atom. The van der Waals surface area contributed by atoms with E-state index in [2.05, 4.69) is 21.2 Å². The van der Waals surface area contributed by atoms with Gasteiger partial charge in [0.2, 0.25) is 0 Å². The highest BCUT2D eigenvalue weighted by atomic mass is 79.9. The molecule has 1 nitrogen and oxygen atoms in total. The zero-order valence-corrected chi connectivity index (χ0v) is 12.9. The van der Waals surface area contributed by atoms with Crippen LogP contribution in [0.5, 0.6) is 0 Å². The van der Waals surface area contributed by atoms with Crippen LogP contribution < -0.4 is 5.32 Å². The summed E-state index contributed by atoms with van der Waals surface area (Å²) in [5, 5.41) is 3.34. The van der Waals surface area contributed by atoms with Gasteiger partial charge in [0.1, 0.15) is 11.6 Å². The topological polar surface area (TPSA) is 12.0 Å². The molecule has 0 aliphatic rings. The van der Waals surface area contributed by atoms with Crippen molar-refractivity contribution in [3.8, 4) is 0 Å². The van der Waals surface area contributed by atoms with Gasteiger partial charge in [-0.1, -0.05) is 28.1 Å². The summed E-state index contributed by atoms with van der Waals surface area (Å²) >= 11 is 3.43. The molecule has 0 aliphatic carbocycles. The van der Waals surface area contributed by atoms with E-state index in [1.807, 2.05) is 38.1 Å². The van der Waals surface area contributed by atoms with Gasteiger partial charge < -0.3 is 5.32 Å². The van der Waals surface area contributed by atoms with Crippen molar-refractivity contribution in [1.82, 2.24) is 5.32 Å². The second-order valence-corrected chi connectivity index (χ2v) is 5.78. The molecule has 106 valence electrons. The van der Waals surface area contributed by atoms with Gasteiger partial charge in [0.15, 0.2) is 0 Å². The van der Waals surface area contributed by atoms with E-state index in [1.165, 1.54) is 12.1 Å². The molecule has 0 bridgehead atoms. The minimum atomic E-state index is -0.552. The lowest BCUT2D eigenvalue weighted by Gasteiger charge is -2.21. The molecule has 0 spiro atoms. The summed E-state index contributed by atoms with van der Waals surface area (Å²) in [6, 6.07) is 11.5. The van der Waals surface area contributed by atoms with E-state index in [4.69, 9.17) is 0 Å². The summed E-state index contributed by atoms with van der Waals surface area (Å²) in [4.78, 5) is 0. The number of hydrogen-bond donors (Lipinski definition) is 1. The monoisotopic (exact) mass is 339 g/mol. The first-order valence-electron chi connectivity index (χ1n) is 6.43. The molecule has 0 radical (unpaired) electrons. The van der Waals surface area contributed by atoms with Crippen LogP contribution in [0.25, 0.3) is 0 Å². The summed E-state index contributed by atoms with van der Waals surface area (Å²) in [6.45, 7) is 3.91. The van der Waals surface area contributed by atoms with Crippen LogP contribution in [0.4, 0.5) is 8.78 Å². The smallest absolute Gasteiger partial charge is 0.126 e. The minimum absolute atomic E-state index is 0.0776. The van der Waals surface area contributed by atoms with E-state index in [0.29, 0.717) is 5.56 Å². The lowest BCUT2D eigenvalue weighted by atomic mass is 10.0. The molecule has 0 saturated carbocycles. The number of rotatable bonds is 4. The van der Waals surface area contributed by atoms with Gasteiger partial charge in [0.05, 0.1) is 0 Å². The summed E-state index contributed by atoms with van der Waals surface area (Å²) in [7, 11) is 0. The van der Waals surface area contributed by atoms with Gasteiger partial charge in [-0.15, -0.1) is 0 Å². The molecule has 0 heterocycles. The Balaban J connectivity index is 2.12. The molecule has 0 amide bonds. The molecule has 0 saturated heterocycles. The first kappa shape index (κ1) is 15.1.